The smallest absolute Gasteiger partial charge is 0.456 e. The number of hydrogen-bond donors (Lipinski definition) is 6. The van der Waals surface area contributed by atoms with Gasteiger partial charge < -0.3 is 49.2 Å². The number of fused-ring (bicyclic) bond motifs is 7. The van der Waals surface area contributed by atoms with Crippen LogP contribution in [0.2, 0.25) is 0 Å². The van der Waals surface area contributed by atoms with E-state index in [1.807, 2.05) is 26.2 Å². The highest BCUT2D eigenvalue weighted by Gasteiger charge is 2.76. The van der Waals surface area contributed by atoms with Crippen molar-refractivity contribution in [1.82, 2.24) is 5.32 Å². The van der Waals surface area contributed by atoms with Crippen LogP contribution in [0.1, 0.15) is 152 Å². The molecule has 8 rings (SSSR count). The lowest BCUT2D eigenvalue weighted by atomic mass is 9.46. The molecule has 4 saturated carbocycles. The first kappa shape index (κ1) is 60.5. The number of phosphoric acid groups is 1. The molecule has 0 bridgehead atoms. The van der Waals surface area contributed by atoms with E-state index in [4.69, 9.17) is 29.2 Å². The molecule has 432 valence electrons. The molecule has 5 aliphatic carbocycles. The normalized spacial score (nSPS) is 29.7. The molecule has 1 heterocycles. The third-order valence-corrected chi connectivity index (χ3v) is 19.2. The molecule has 0 amide bonds. The van der Waals surface area contributed by atoms with Gasteiger partial charge in [0.25, 0.3) is 0 Å². The number of aryl methyl sites for hydroxylation is 1. The number of ketones is 2. The minimum atomic E-state index is -4.88. The summed E-state index contributed by atoms with van der Waals surface area (Å²) in [6.07, 6.45) is 19.1. The van der Waals surface area contributed by atoms with Crippen molar-refractivity contribution < 1.29 is 66.9 Å². The van der Waals surface area contributed by atoms with Gasteiger partial charge in [-0.3, -0.25) is 24.2 Å². The van der Waals surface area contributed by atoms with Crippen molar-refractivity contribution in [2.45, 2.75) is 179 Å². The largest absolute Gasteiger partial charge is 0.524 e. The number of aliphatic hydroxyl groups excluding tert-OH is 2. The summed E-state index contributed by atoms with van der Waals surface area (Å²) in [5.41, 5.74) is 7.32. The number of nitrogens with one attached hydrogen (secondary N) is 1. The third-order valence-electron chi connectivity index (χ3n) is 18.7. The molecule has 2 aromatic carbocycles. The van der Waals surface area contributed by atoms with Crippen LogP contribution >= 0.6 is 7.82 Å². The van der Waals surface area contributed by atoms with Crippen LogP contribution in [0.25, 0.3) is 0 Å². The van der Waals surface area contributed by atoms with Crippen LogP contribution in [0.5, 0.6) is 5.75 Å². The lowest BCUT2D eigenvalue weighted by Crippen LogP contribution is -2.64. The number of unbranched alkanes of at least 4 members (excludes halogenated alkanes) is 5. The van der Waals surface area contributed by atoms with E-state index in [0.29, 0.717) is 67.3 Å². The minimum absolute atomic E-state index is 0.00615. The van der Waals surface area contributed by atoms with E-state index in [9.17, 15) is 38.9 Å². The molecule has 1 aliphatic heterocycles. The fraction of sp³-hybridized carbons (Fsp3) is 0.689. The highest BCUT2D eigenvalue weighted by Crippen LogP contribution is 2.70. The standard InChI is InChI=1S/C61H90N3O13P/c1-59-30-29-47(65)36-46(59)26-27-48-49-37-55-61(60(49,2)38-51(66)56(48)59,76-58(75-55)43-22-11-8-12-23-43)54(68)41-74-57(69)50(62)24-13-16-32-64(3,4)40-45-35-44(25-28-53(45)77-78(70,71)72)52(67)39-63-31-15-5-6-17-33-73-34-18-14-21-42-19-9-7-10-20-42/h7,9-10,19-20,25,28-30,35-36,43,48-52,55-56,58,63,66-67H,5-6,8,11-18,21-24,26-27,31-34,37-41,62H2,1-4H3,(H-,70,71,72)/p+1/t48?,49?,50-,51-,52?,55+,56?,58+,59-,60-,61+/m0/s1. The summed E-state index contributed by atoms with van der Waals surface area (Å²) in [7, 11) is -0.904. The number of Topliss-reactive ketones (excluding diaryl/α,β-unsaturated/α-hetero) is 1. The monoisotopic (exact) mass is 1100 g/mol. The maximum Gasteiger partial charge on any atom is 0.524 e. The number of hydrogen-bond acceptors (Lipinski definition) is 13. The molecule has 0 spiro atoms. The number of rotatable bonds is 29. The Labute approximate surface area is 463 Å². The Kier molecular flexibility index (Phi) is 20.6. The summed E-state index contributed by atoms with van der Waals surface area (Å²) < 4.78 is 43.0. The van der Waals surface area contributed by atoms with Crippen molar-refractivity contribution in [3.63, 3.8) is 0 Å². The van der Waals surface area contributed by atoms with E-state index >= 15 is 0 Å². The van der Waals surface area contributed by atoms with Gasteiger partial charge in [0, 0.05) is 48.0 Å². The predicted molar refractivity (Wildman–Crippen MR) is 297 cm³/mol. The van der Waals surface area contributed by atoms with Gasteiger partial charge in [0.2, 0.25) is 5.78 Å². The Morgan fingerprint density at radius 2 is 1.69 bits per heavy atom. The zero-order valence-electron chi connectivity index (χ0n) is 46.9. The van der Waals surface area contributed by atoms with E-state index in [-0.39, 0.29) is 41.0 Å². The van der Waals surface area contributed by atoms with Crippen molar-refractivity contribution in [2.75, 3.05) is 53.6 Å². The summed E-state index contributed by atoms with van der Waals surface area (Å²) in [5.74, 6) is -0.949. The fourth-order valence-electron chi connectivity index (χ4n) is 14.7. The number of carbonyl (C=O) groups excluding carboxylic acids is 3. The average molecular weight is 1110 g/mol. The molecule has 78 heavy (non-hydrogen) atoms. The second-order valence-corrected chi connectivity index (χ2v) is 25.9. The summed E-state index contributed by atoms with van der Waals surface area (Å²) >= 11 is 0. The molecule has 2 aromatic rings. The van der Waals surface area contributed by atoms with Crippen molar-refractivity contribution in [1.29, 1.82) is 0 Å². The zero-order valence-corrected chi connectivity index (χ0v) is 47.8. The minimum Gasteiger partial charge on any atom is -0.456 e. The topological polar surface area (TPSA) is 233 Å². The highest BCUT2D eigenvalue weighted by atomic mass is 31.2. The first-order chi connectivity index (χ1) is 37.2. The number of allylic oxidation sites excluding steroid dienone is 4. The molecule has 0 radical (unpaired) electrons. The summed E-state index contributed by atoms with van der Waals surface area (Å²) in [6.45, 7) is 7.25. The van der Waals surface area contributed by atoms with Crippen LogP contribution in [-0.2, 0) is 50.9 Å². The SMILES string of the molecule is C[C@]12C=CC(=O)C=C1CCC1C2[C@@H](O)C[C@@]2(C)C1C[C@H]1O[C@@H](C3CCCCC3)O[C@]12C(=O)COC(=O)[C@@H](N)CCCC[N+](C)(C)Cc1cc(C(O)CNCCCCCCOCCCCc2ccccc2)ccc1OP(=O)(O)O. The van der Waals surface area contributed by atoms with Crippen LogP contribution < -0.4 is 15.6 Å². The van der Waals surface area contributed by atoms with Crippen LogP contribution in [0.4, 0.5) is 0 Å². The first-order valence-electron chi connectivity index (χ1n) is 29.3. The maximum absolute atomic E-state index is 15.0. The second kappa shape index (κ2) is 26.5. The molecule has 0 aromatic heterocycles. The quantitative estimate of drug-likeness (QED) is 0.0194. The number of quaternary nitrogens is 1. The van der Waals surface area contributed by atoms with E-state index in [2.05, 4.69) is 43.4 Å². The molecule has 11 atom stereocenters. The lowest BCUT2D eigenvalue weighted by molar-refractivity contribution is -0.903. The number of nitrogens with zero attached hydrogens (tertiary/aromatic N) is 1. The van der Waals surface area contributed by atoms with Gasteiger partial charge in [-0.05, 0) is 144 Å². The molecule has 7 N–H and O–H groups in total. The Morgan fingerprint density at radius 3 is 2.45 bits per heavy atom. The van der Waals surface area contributed by atoms with Gasteiger partial charge in [-0.1, -0.05) is 94.0 Å². The van der Waals surface area contributed by atoms with Crippen LogP contribution in [0.15, 0.2) is 72.3 Å². The van der Waals surface area contributed by atoms with E-state index in [1.165, 1.54) is 11.6 Å². The Morgan fingerprint density at radius 1 is 0.949 bits per heavy atom. The highest BCUT2D eigenvalue weighted by molar-refractivity contribution is 7.46. The number of benzene rings is 2. The Hall–Kier alpha value is -3.64. The predicted octanol–water partition coefficient (Wildman–Crippen LogP) is 8.52. The molecule has 5 fully saturated rings. The van der Waals surface area contributed by atoms with Crippen molar-refractivity contribution in [3.05, 3.63) is 89.0 Å². The number of ether oxygens (including phenoxy) is 4. The van der Waals surface area contributed by atoms with Gasteiger partial charge in [-0.2, -0.15) is 0 Å². The van der Waals surface area contributed by atoms with E-state index < -0.39 is 67.5 Å². The number of nitrogens with two attached hydrogens (primary N) is 1. The van der Waals surface area contributed by atoms with Crippen LogP contribution in [0.3, 0.4) is 0 Å². The molecular formula is C61H91N3O13P+. The molecule has 1 saturated heterocycles. The van der Waals surface area contributed by atoms with Gasteiger partial charge in [-0.15, -0.1) is 0 Å². The maximum atomic E-state index is 15.0. The lowest BCUT2D eigenvalue weighted by Gasteiger charge is -2.59. The number of carbonyl (C=O) groups is 3. The molecule has 4 unspecified atom stereocenters. The van der Waals surface area contributed by atoms with Gasteiger partial charge in [0.05, 0.1) is 39.0 Å². The summed E-state index contributed by atoms with van der Waals surface area (Å²) in [6, 6.07) is 14.4. The Balaban J connectivity index is 0.790. The van der Waals surface area contributed by atoms with E-state index in [0.717, 1.165) is 115 Å². The third kappa shape index (κ3) is 14.3. The molecular weight excluding hydrogens is 1010 g/mol. The van der Waals surface area contributed by atoms with Crippen molar-refractivity contribution in [2.24, 2.45) is 40.2 Å². The number of esters is 1. The number of phosphoric ester groups is 1. The van der Waals surface area contributed by atoms with Gasteiger partial charge in [-0.25, -0.2) is 4.57 Å². The first-order valence-corrected chi connectivity index (χ1v) is 30.9. The summed E-state index contributed by atoms with van der Waals surface area (Å²) in [4.78, 5) is 60.5. The van der Waals surface area contributed by atoms with Crippen LogP contribution in [-0.4, -0.2) is 126 Å². The fourth-order valence-corrected chi connectivity index (χ4v) is 15.2. The molecule has 16 nitrogen and oxygen atoms in total. The van der Waals surface area contributed by atoms with Crippen LogP contribution in [0, 0.1) is 34.5 Å². The van der Waals surface area contributed by atoms with E-state index in [1.54, 1.807) is 24.3 Å². The molecule has 17 heteroatoms. The second-order valence-electron chi connectivity index (χ2n) is 24.8. The zero-order chi connectivity index (χ0) is 55.7. The van der Waals surface area contributed by atoms with Crippen molar-refractivity contribution >= 4 is 25.4 Å². The Bertz CT molecular complexity index is 2460. The molecule has 6 aliphatic rings. The van der Waals surface area contributed by atoms with Gasteiger partial charge >= 0.3 is 13.8 Å². The van der Waals surface area contributed by atoms with Crippen molar-refractivity contribution in [3.8, 4) is 5.75 Å². The van der Waals surface area contributed by atoms with Gasteiger partial charge in [0.15, 0.2) is 24.3 Å². The average Bonchev–Trinajstić information content (AvgIpc) is 2.84. The van der Waals surface area contributed by atoms with Gasteiger partial charge in [0.1, 0.15) is 18.3 Å². The summed E-state index contributed by atoms with van der Waals surface area (Å²) in [5, 5.41) is 26.7. The number of aliphatic hydroxyl groups is 2.